The fourth-order valence-electron chi connectivity index (χ4n) is 2.72. The summed E-state index contributed by atoms with van der Waals surface area (Å²) in [4.78, 5) is 11.4. The molecule has 2 fully saturated rings. The van der Waals surface area contributed by atoms with Gasteiger partial charge >= 0.3 is 5.97 Å². The van der Waals surface area contributed by atoms with Crippen LogP contribution in [-0.2, 0) is 9.53 Å². The van der Waals surface area contributed by atoms with Crippen LogP contribution >= 0.6 is 0 Å². The van der Waals surface area contributed by atoms with Crippen molar-refractivity contribution in [3.63, 3.8) is 0 Å². The summed E-state index contributed by atoms with van der Waals surface area (Å²) in [5.74, 6) is 2.01. The summed E-state index contributed by atoms with van der Waals surface area (Å²) in [6.07, 6.45) is 2.43. The highest BCUT2D eigenvalue weighted by Crippen LogP contribution is 2.44. The predicted octanol–water partition coefficient (Wildman–Crippen LogP) is 1.84. The van der Waals surface area contributed by atoms with E-state index >= 15 is 0 Å². The van der Waals surface area contributed by atoms with Gasteiger partial charge in [-0.25, -0.2) is 0 Å². The van der Waals surface area contributed by atoms with Crippen LogP contribution in [0.3, 0.4) is 0 Å². The third-order valence-electron chi connectivity index (χ3n) is 3.52. The van der Waals surface area contributed by atoms with Crippen LogP contribution in [0.15, 0.2) is 0 Å². The van der Waals surface area contributed by atoms with Crippen LogP contribution < -0.4 is 0 Å². The van der Waals surface area contributed by atoms with E-state index in [0.29, 0.717) is 24.4 Å². The maximum atomic E-state index is 11.4. The first-order chi connectivity index (χ1) is 5.70. The van der Waals surface area contributed by atoms with Gasteiger partial charge < -0.3 is 4.74 Å². The van der Waals surface area contributed by atoms with Crippen molar-refractivity contribution >= 4 is 5.97 Å². The molecule has 1 heterocycles. The monoisotopic (exact) mass is 168 g/mol. The third kappa shape index (κ3) is 1.05. The number of carbonyl (C=O) groups is 1. The molecule has 1 aliphatic heterocycles. The lowest BCUT2D eigenvalue weighted by Gasteiger charge is -2.31. The number of rotatable bonds is 0. The second-order valence-corrected chi connectivity index (χ2v) is 4.35. The van der Waals surface area contributed by atoms with Crippen LogP contribution in [0.5, 0.6) is 0 Å². The van der Waals surface area contributed by atoms with Gasteiger partial charge in [0.25, 0.3) is 0 Å². The third-order valence-corrected chi connectivity index (χ3v) is 3.52. The quantitative estimate of drug-likeness (QED) is 0.516. The van der Waals surface area contributed by atoms with E-state index < -0.39 is 0 Å². The largest absolute Gasteiger partial charge is 0.465 e. The van der Waals surface area contributed by atoms with Crippen molar-refractivity contribution < 1.29 is 9.53 Å². The van der Waals surface area contributed by atoms with E-state index in [9.17, 15) is 4.79 Å². The Labute approximate surface area is 73.3 Å². The Bertz CT molecular complexity index is 200. The van der Waals surface area contributed by atoms with E-state index in [4.69, 9.17) is 4.74 Å². The average Bonchev–Trinajstić information content (AvgIpc) is 2.42. The van der Waals surface area contributed by atoms with E-state index in [1.165, 1.54) is 12.8 Å². The summed E-state index contributed by atoms with van der Waals surface area (Å²) < 4.78 is 5.14. The first-order valence-electron chi connectivity index (χ1n) is 4.87. The molecule has 68 valence electrons. The Kier molecular flexibility index (Phi) is 1.85. The zero-order valence-corrected chi connectivity index (χ0v) is 7.75. The smallest absolute Gasteiger partial charge is 0.309 e. The van der Waals surface area contributed by atoms with Gasteiger partial charge in [0.2, 0.25) is 0 Å². The molecule has 12 heavy (non-hydrogen) atoms. The van der Waals surface area contributed by atoms with Gasteiger partial charge in [-0.2, -0.15) is 0 Å². The number of fused-ring (bicyclic) bond motifs is 1. The number of hydrogen-bond acceptors (Lipinski definition) is 2. The molecule has 2 rings (SSSR count). The average molecular weight is 168 g/mol. The highest BCUT2D eigenvalue weighted by Gasteiger charge is 2.45. The normalized spacial score (nSPS) is 47.0. The summed E-state index contributed by atoms with van der Waals surface area (Å²) in [5.41, 5.74) is 0. The molecule has 2 aliphatic rings. The molecule has 0 bridgehead atoms. The van der Waals surface area contributed by atoms with Crippen LogP contribution in [-0.4, -0.2) is 12.6 Å². The Morgan fingerprint density at radius 1 is 1.25 bits per heavy atom. The topological polar surface area (TPSA) is 26.3 Å². The highest BCUT2D eigenvalue weighted by molar-refractivity contribution is 5.74. The molecule has 1 aliphatic carbocycles. The summed E-state index contributed by atoms with van der Waals surface area (Å²) in [5, 5.41) is 0. The molecule has 0 aromatic heterocycles. The van der Waals surface area contributed by atoms with Crippen LogP contribution in [0.1, 0.15) is 26.7 Å². The number of esters is 1. The summed E-state index contributed by atoms with van der Waals surface area (Å²) >= 11 is 0. The van der Waals surface area contributed by atoms with Gasteiger partial charge in [0.1, 0.15) is 0 Å². The lowest BCUT2D eigenvalue weighted by molar-refractivity contribution is -0.160. The highest BCUT2D eigenvalue weighted by atomic mass is 16.5. The molecule has 0 aromatic carbocycles. The molecule has 0 aromatic rings. The molecule has 1 saturated heterocycles. The number of ether oxygens (including phenoxy) is 1. The molecular weight excluding hydrogens is 152 g/mol. The molecule has 0 amide bonds. The van der Waals surface area contributed by atoms with E-state index in [2.05, 4.69) is 13.8 Å². The van der Waals surface area contributed by atoms with Crippen molar-refractivity contribution in [3.05, 3.63) is 0 Å². The van der Waals surface area contributed by atoms with E-state index in [1.54, 1.807) is 0 Å². The number of carbonyl (C=O) groups excluding carboxylic acids is 1. The lowest BCUT2D eigenvalue weighted by Crippen LogP contribution is -2.37. The van der Waals surface area contributed by atoms with Gasteiger partial charge in [-0.1, -0.05) is 13.8 Å². The van der Waals surface area contributed by atoms with E-state index in [0.717, 1.165) is 0 Å². The Balaban J connectivity index is 2.18. The van der Waals surface area contributed by atoms with E-state index in [1.807, 2.05) is 0 Å². The molecule has 1 unspecified atom stereocenters. The fourth-order valence-corrected chi connectivity index (χ4v) is 2.72. The van der Waals surface area contributed by atoms with Crippen LogP contribution in [0, 0.1) is 23.7 Å². The Morgan fingerprint density at radius 2 is 2.00 bits per heavy atom. The fraction of sp³-hybridized carbons (Fsp3) is 0.900. The molecule has 0 spiro atoms. The summed E-state index contributed by atoms with van der Waals surface area (Å²) in [6, 6.07) is 0. The molecule has 0 N–H and O–H groups in total. The SMILES string of the molecule is C[C@@H]1COC(=O)[C@H]2C1CC[C@@H]2C. The van der Waals surface area contributed by atoms with Gasteiger partial charge in [0, 0.05) is 0 Å². The zero-order chi connectivity index (χ0) is 8.72. The second-order valence-electron chi connectivity index (χ2n) is 4.35. The Hall–Kier alpha value is -0.530. The van der Waals surface area contributed by atoms with Gasteiger partial charge in [0.15, 0.2) is 0 Å². The molecule has 2 nitrogen and oxygen atoms in total. The van der Waals surface area contributed by atoms with Crippen LogP contribution in [0.4, 0.5) is 0 Å². The minimum Gasteiger partial charge on any atom is -0.465 e. The van der Waals surface area contributed by atoms with Crippen molar-refractivity contribution in [1.29, 1.82) is 0 Å². The molecule has 4 atom stereocenters. The van der Waals surface area contributed by atoms with Gasteiger partial charge in [-0.05, 0) is 30.6 Å². The summed E-state index contributed by atoms with van der Waals surface area (Å²) in [7, 11) is 0. The van der Waals surface area contributed by atoms with Crippen molar-refractivity contribution in [2.24, 2.45) is 23.7 Å². The first-order valence-corrected chi connectivity index (χ1v) is 4.87. The molecule has 0 radical (unpaired) electrons. The maximum Gasteiger partial charge on any atom is 0.309 e. The molecular formula is C10H16O2. The number of cyclic esters (lactones) is 1. The molecule has 2 heteroatoms. The van der Waals surface area contributed by atoms with Crippen molar-refractivity contribution in [1.82, 2.24) is 0 Å². The zero-order valence-electron chi connectivity index (χ0n) is 7.75. The maximum absolute atomic E-state index is 11.4. The van der Waals surface area contributed by atoms with E-state index in [-0.39, 0.29) is 11.9 Å². The minimum absolute atomic E-state index is 0.0584. The van der Waals surface area contributed by atoms with Gasteiger partial charge in [-0.3, -0.25) is 4.79 Å². The summed E-state index contributed by atoms with van der Waals surface area (Å²) in [6.45, 7) is 5.01. The second kappa shape index (κ2) is 2.75. The molecule has 1 saturated carbocycles. The van der Waals surface area contributed by atoms with Crippen molar-refractivity contribution in [3.8, 4) is 0 Å². The Morgan fingerprint density at radius 3 is 2.67 bits per heavy atom. The standard InChI is InChI=1S/C10H16O2/c1-6-3-4-8-7(2)5-12-10(11)9(6)8/h6-9H,3-5H2,1-2H3/t6-,7+,8?,9+/m0/s1. The minimum atomic E-state index is 0.0584. The van der Waals surface area contributed by atoms with Crippen molar-refractivity contribution in [2.45, 2.75) is 26.7 Å². The van der Waals surface area contributed by atoms with Crippen LogP contribution in [0.25, 0.3) is 0 Å². The van der Waals surface area contributed by atoms with Gasteiger partial charge in [0.05, 0.1) is 12.5 Å². The van der Waals surface area contributed by atoms with Crippen LogP contribution in [0.2, 0.25) is 0 Å². The predicted molar refractivity (Wildman–Crippen MR) is 45.5 cm³/mol. The number of hydrogen-bond donors (Lipinski definition) is 0. The first kappa shape index (κ1) is 8.09. The lowest BCUT2D eigenvalue weighted by atomic mass is 9.81. The van der Waals surface area contributed by atoms with Crippen molar-refractivity contribution in [2.75, 3.05) is 6.61 Å². The van der Waals surface area contributed by atoms with Gasteiger partial charge in [-0.15, -0.1) is 0 Å².